The highest BCUT2D eigenvalue weighted by atomic mass is 35.5. The predicted octanol–water partition coefficient (Wildman–Crippen LogP) is 4.08. The van der Waals surface area contributed by atoms with Gasteiger partial charge in [-0.25, -0.2) is 9.97 Å². The SMILES string of the molecule is CCCc1nc(Cl)cc(N2CCC(c3ccccc3)C2)n1. The Bertz CT molecular complexity index is 600. The molecule has 1 fully saturated rings. The van der Waals surface area contributed by atoms with E-state index in [0.717, 1.165) is 44.0 Å². The first kappa shape index (κ1) is 14.3. The molecule has 0 aliphatic carbocycles. The maximum absolute atomic E-state index is 6.14. The molecule has 1 aliphatic rings. The minimum Gasteiger partial charge on any atom is -0.356 e. The highest BCUT2D eigenvalue weighted by molar-refractivity contribution is 6.29. The van der Waals surface area contributed by atoms with Crippen molar-refractivity contribution < 1.29 is 0 Å². The zero-order chi connectivity index (χ0) is 14.7. The second-order valence-corrected chi connectivity index (χ2v) is 5.94. The minimum absolute atomic E-state index is 0.548. The normalized spacial score (nSPS) is 18.2. The van der Waals surface area contributed by atoms with Crippen LogP contribution in [0.1, 0.15) is 37.1 Å². The molecular formula is C17H20ClN3. The lowest BCUT2D eigenvalue weighted by atomic mass is 9.99. The molecule has 0 saturated carbocycles. The molecule has 3 rings (SSSR count). The number of nitrogens with zero attached hydrogens (tertiary/aromatic N) is 3. The lowest BCUT2D eigenvalue weighted by Crippen LogP contribution is -2.21. The van der Waals surface area contributed by atoms with Gasteiger partial charge in [0.25, 0.3) is 0 Å². The first-order chi connectivity index (χ1) is 10.3. The molecule has 0 bridgehead atoms. The molecular weight excluding hydrogens is 282 g/mol. The van der Waals surface area contributed by atoms with Crippen molar-refractivity contribution in [1.29, 1.82) is 0 Å². The van der Waals surface area contributed by atoms with Gasteiger partial charge in [-0.2, -0.15) is 0 Å². The van der Waals surface area contributed by atoms with Crippen molar-refractivity contribution >= 4 is 17.4 Å². The number of anilines is 1. The molecule has 1 aromatic heterocycles. The first-order valence-electron chi connectivity index (χ1n) is 7.59. The molecule has 0 spiro atoms. The number of hydrogen-bond acceptors (Lipinski definition) is 3. The van der Waals surface area contributed by atoms with Crippen LogP contribution in [-0.4, -0.2) is 23.1 Å². The first-order valence-corrected chi connectivity index (χ1v) is 7.97. The largest absolute Gasteiger partial charge is 0.356 e. The fourth-order valence-electron chi connectivity index (χ4n) is 2.91. The average molecular weight is 302 g/mol. The second-order valence-electron chi connectivity index (χ2n) is 5.56. The molecule has 3 nitrogen and oxygen atoms in total. The van der Waals surface area contributed by atoms with Crippen molar-refractivity contribution in [1.82, 2.24) is 9.97 Å². The Morgan fingerprint density at radius 3 is 2.81 bits per heavy atom. The van der Waals surface area contributed by atoms with E-state index < -0.39 is 0 Å². The molecule has 1 aromatic carbocycles. The molecule has 0 radical (unpaired) electrons. The van der Waals surface area contributed by atoms with Crippen LogP contribution in [-0.2, 0) is 6.42 Å². The zero-order valence-corrected chi connectivity index (χ0v) is 13.1. The third kappa shape index (κ3) is 3.35. The van der Waals surface area contributed by atoms with Crippen LogP contribution in [0, 0.1) is 0 Å². The summed E-state index contributed by atoms with van der Waals surface area (Å²) in [6.07, 6.45) is 3.07. The molecule has 4 heteroatoms. The Morgan fingerprint density at radius 2 is 2.05 bits per heavy atom. The number of halogens is 1. The predicted molar refractivity (Wildman–Crippen MR) is 87.1 cm³/mol. The molecule has 1 saturated heterocycles. The van der Waals surface area contributed by atoms with Crippen LogP contribution in [0.2, 0.25) is 5.15 Å². The average Bonchev–Trinajstić information content (AvgIpc) is 2.98. The summed E-state index contributed by atoms with van der Waals surface area (Å²) < 4.78 is 0. The van der Waals surface area contributed by atoms with E-state index in [9.17, 15) is 0 Å². The smallest absolute Gasteiger partial charge is 0.134 e. The summed E-state index contributed by atoms with van der Waals surface area (Å²) in [4.78, 5) is 11.3. The quantitative estimate of drug-likeness (QED) is 0.797. The Labute approximate surface area is 131 Å². The van der Waals surface area contributed by atoms with Crippen LogP contribution in [0.15, 0.2) is 36.4 Å². The molecule has 1 unspecified atom stereocenters. The summed E-state index contributed by atoms with van der Waals surface area (Å²) in [7, 11) is 0. The lowest BCUT2D eigenvalue weighted by molar-refractivity contribution is 0.772. The topological polar surface area (TPSA) is 29.0 Å². The molecule has 1 atom stereocenters. The summed E-state index contributed by atoms with van der Waals surface area (Å²) >= 11 is 6.14. The summed E-state index contributed by atoms with van der Waals surface area (Å²) in [5, 5.41) is 0.548. The monoisotopic (exact) mass is 301 g/mol. The van der Waals surface area contributed by atoms with E-state index in [1.54, 1.807) is 0 Å². The van der Waals surface area contributed by atoms with Gasteiger partial charge in [0.15, 0.2) is 0 Å². The number of aromatic nitrogens is 2. The number of rotatable bonds is 4. The maximum atomic E-state index is 6.14. The van der Waals surface area contributed by atoms with Crippen molar-refractivity contribution in [3.8, 4) is 0 Å². The van der Waals surface area contributed by atoms with E-state index in [-0.39, 0.29) is 0 Å². The third-order valence-electron chi connectivity index (χ3n) is 3.98. The molecule has 2 heterocycles. The van der Waals surface area contributed by atoms with Crippen molar-refractivity contribution in [2.24, 2.45) is 0 Å². The fourth-order valence-corrected chi connectivity index (χ4v) is 3.11. The Kier molecular flexibility index (Phi) is 4.39. The summed E-state index contributed by atoms with van der Waals surface area (Å²) in [6, 6.07) is 12.6. The van der Waals surface area contributed by atoms with Crippen molar-refractivity contribution in [2.75, 3.05) is 18.0 Å². The summed E-state index contributed by atoms with van der Waals surface area (Å²) in [5.41, 5.74) is 1.41. The molecule has 2 aromatic rings. The molecule has 110 valence electrons. The van der Waals surface area contributed by atoms with Gasteiger partial charge in [0.2, 0.25) is 0 Å². The van der Waals surface area contributed by atoms with Gasteiger partial charge in [0.05, 0.1) is 0 Å². The van der Waals surface area contributed by atoms with Gasteiger partial charge in [-0.15, -0.1) is 0 Å². The number of aryl methyl sites for hydroxylation is 1. The summed E-state index contributed by atoms with van der Waals surface area (Å²) in [5.74, 6) is 2.40. The van der Waals surface area contributed by atoms with Gasteiger partial charge in [0, 0.05) is 31.5 Å². The van der Waals surface area contributed by atoms with Crippen LogP contribution in [0.5, 0.6) is 0 Å². The molecule has 1 aliphatic heterocycles. The minimum atomic E-state index is 0.548. The van der Waals surface area contributed by atoms with Gasteiger partial charge in [-0.05, 0) is 18.4 Å². The second kappa shape index (κ2) is 6.44. The van der Waals surface area contributed by atoms with E-state index >= 15 is 0 Å². The van der Waals surface area contributed by atoms with Crippen molar-refractivity contribution in [2.45, 2.75) is 32.1 Å². The van der Waals surface area contributed by atoms with Gasteiger partial charge in [-0.3, -0.25) is 0 Å². The third-order valence-corrected chi connectivity index (χ3v) is 4.18. The van der Waals surface area contributed by atoms with Gasteiger partial charge in [-0.1, -0.05) is 48.9 Å². The standard InChI is InChI=1S/C17H20ClN3/c1-2-6-16-19-15(18)11-17(20-16)21-10-9-14(12-21)13-7-4-3-5-8-13/h3-5,7-8,11,14H,2,6,9-10,12H2,1H3. The van der Waals surface area contributed by atoms with Crippen molar-refractivity contribution in [3.63, 3.8) is 0 Å². The van der Waals surface area contributed by atoms with Crippen LogP contribution in [0.4, 0.5) is 5.82 Å². The maximum Gasteiger partial charge on any atom is 0.134 e. The highest BCUT2D eigenvalue weighted by Gasteiger charge is 2.25. The Morgan fingerprint density at radius 1 is 1.24 bits per heavy atom. The zero-order valence-electron chi connectivity index (χ0n) is 12.3. The Balaban J connectivity index is 1.77. The molecule has 0 amide bonds. The van der Waals surface area contributed by atoms with Crippen LogP contribution in [0.3, 0.4) is 0 Å². The Hall–Kier alpha value is -1.61. The van der Waals surface area contributed by atoms with E-state index in [1.807, 2.05) is 6.07 Å². The highest BCUT2D eigenvalue weighted by Crippen LogP contribution is 2.30. The fraction of sp³-hybridized carbons (Fsp3) is 0.412. The summed E-state index contributed by atoms with van der Waals surface area (Å²) in [6.45, 7) is 4.16. The van der Waals surface area contributed by atoms with E-state index in [4.69, 9.17) is 11.6 Å². The van der Waals surface area contributed by atoms with Gasteiger partial charge in [0.1, 0.15) is 16.8 Å². The van der Waals surface area contributed by atoms with E-state index in [1.165, 1.54) is 5.56 Å². The lowest BCUT2D eigenvalue weighted by Gasteiger charge is -2.18. The van der Waals surface area contributed by atoms with Crippen LogP contribution >= 0.6 is 11.6 Å². The van der Waals surface area contributed by atoms with Crippen LogP contribution in [0.25, 0.3) is 0 Å². The van der Waals surface area contributed by atoms with Gasteiger partial charge < -0.3 is 4.90 Å². The number of benzene rings is 1. The van der Waals surface area contributed by atoms with Gasteiger partial charge >= 0.3 is 0 Å². The molecule has 0 N–H and O–H groups in total. The van der Waals surface area contributed by atoms with E-state index in [2.05, 4.69) is 52.1 Å². The number of hydrogen-bond donors (Lipinski definition) is 0. The van der Waals surface area contributed by atoms with Crippen molar-refractivity contribution in [3.05, 3.63) is 52.9 Å². The molecule has 21 heavy (non-hydrogen) atoms. The van der Waals surface area contributed by atoms with Crippen LogP contribution < -0.4 is 4.90 Å². The van der Waals surface area contributed by atoms with E-state index in [0.29, 0.717) is 11.1 Å².